The molecule has 9 heteroatoms. The summed E-state index contributed by atoms with van der Waals surface area (Å²) >= 11 is 6.44. The minimum atomic E-state index is -1.19. The molecular weight excluding hydrogens is 484 g/mol. The average Bonchev–Trinajstić information content (AvgIpc) is 3.51. The molecule has 3 unspecified atom stereocenters. The van der Waals surface area contributed by atoms with Gasteiger partial charge in [0.2, 0.25) is 0 Å². The largest absolute Gasteiger partial charge is 0.480 e. The maximum absolute atomic E-state index is 13.1. The van der Waals surface area contributed by atoms with Gasteiger partial charge in [-0.05, 0) is 54.3 Å². The van der Waals surface area contributed by atoms with Crippen LogP contribution in [0.2, 0.25) is 0 Å². The molecule has 1 N–H and O–H groups in total. The van der Waals surface area contributed by atoms with Crippen LogP contribution < -0.4 is 4.90 Å². The van der Waals surface area contributed by atoms with Crippen molar-refractivity contribution in [3.63, 3.8) is 0 Å². The van der Waals surface area contributed by atoms with Gasteiger partial charge in [0, 0.05) is 29.8 Å². The van der Waals surface area contributed by atoms with Crippen LogP contribution in [0.1, 0.15) is 42.7 Å². The van der Waals surface area contributed by atoms with Crippen LogP contribution in [0.5, 0.6) is 0 Å². The number of benzene rings is 2. The number of thioether (sulfide) groups is 1. The SMILES string of the molecule is O=COCCC(C(=O)O)N1C(=O)/C(=C\c2ccc3c(c2)C2CCCC2N3c2ccccc2)SC1=S. The van der Waals surface area contributed by atoms with Gasteiger partial charge in [-0.2, -0.15) is 0 Å². The number of nitrogens with zero attached hydrogens (tertiary/aromatic N) is 2. The number of carboxylic acids is 1. The van der Waals surface area contributed by atoms with Crippen molar-refractivity contribution in [3.8, 4) is 0 Å². The topological polar surface area (TPSA) is 87.1 Å². The number of hydrogen-bond donors (Lipinski definition) is 1. The molecule has 0 spiro atoms. The van der Waals surface area contributed by atoms with Crippen molar-refractivity contribution < 1.29 is 24.2 Å². The van der Waals surface area contributed by atoms with Gasteiger partial charge in [-0.1, -0.05) is 54.7 Å². The maximum atomic E-state index is 13.1. The van der Waals surface area contributed by atoms with Crippen molar-refractivity contribution in [1.82, 2.24) is 4.90 Å². The van der Waals surface area contributed by atoms with Gasteiger partial charge in [0.1, 0.15) is 10.4 Å². The Morgan fingerprint density at radius 2 is 2.03 bits per heavy atom. The van der Waals surface area contributed by atoms with Gasteiger partial charge in [0.15, 0.2) is 0 Å². The van der Waals surface area contributed by atoms with E-state index in [0.29, 0.717) is 16.9 Å². The Bertz CT molecular complexity index is 1220. The summed E-state index contributed by atoms with van der Waals surface area (Å²) in [4.78, 5) is 39.3. The van der Waals surface area contributed by atoms with Gasteiger partial charge in [-0.3, -0.25) is 14.5 Å². The Hall–Kier alpha value is -3.17. The minimum absolute atomic E-state index is 0.0367. The van der Waals surface area contributed by atoms with Crippen LogP contribution in [0.25, 0.3) is 6.08 Å². The van der Waals surface area contributed by atoms with Crippen molar-refractivity contribution in [3.05, 3.63) is 64.6 Å². The van der Waals surface area contributed by atoms with Crippen LogP contribution >= 0.6 is 24.0 Å². The lowest BCUT2D eigenvalue weighted by Gasteiger charge is -2.27. The standard InChI is InChI=1S/C26H24N2O5S2/c29-15-33-12-11-22(25(31)32)28-24(30)23(35-26(28)34)14-16-9-10-21-19(13-16)18-7-4-8-20(18)27(21)17-5-2-1-3-6-17/h1-3,5-6,9-10,13-15,18,20,22H,4,7-8,11-12H2,(H,31,32)/b23-14+. The Morgan fingerprint density at radius 3 is 2.77 bits per heavy atom. The van der Waals surface area contributed by atoms with E-state index in [4.69, 9.17) is 12.2 Å². The van der Waals surface area contributed by atoms with Crippen LogP contribution in [-0.2, 0) is 19.1 Å². The number of carboxylic acid groups (broad SMARTS) is 1. The molecule has 2 fully saturated rings. The Kier molecular flexibility index (Phi) is 6.62. The second-order valence-electron chi connectivity index (χ2n) is 8.79. The highest BCUT2D eigenvalue weighted by Crippen LogP contribution is 2.52. The smallest absolute Gasteiger partial charge is 0.327 e. The first-order valence-corrected chi connectivity index (χ1v) is 12.8. The van der Waals surface area contributed by atoms with E-state index in [2.05, 4.69) is 46.0 Å². The number of para-hydroxylation sites is 1. The minimum Gasteiger partial charge on any atom is -0.480 e. The van der Waals surface area contributed by atoms with Gasteiger partial charge in [0.25, 0.3) is 12.4 Å². The lowest BCUT2D eigenvalue weighted by Crippen LogP contribution is -2.44. The second kappa shape index (κ2) is 9.83. The number of rotatable bonds is 8. The van der Waals surface area contributed by atoms with Crippen molar-refractivity contribution in [2.24, 2.45) is 0 Å². The molecule has 3 aliphatic rings. The summed E-state index contributed by atoms with van der Waals surface area (Å²) in [7, 11) is 0. The van der Waals surface area contributed by atoms with E-state index < -0.39 is 17.9 Å². The molecule has 1 saturated carbocycles. The van der Waals surface area contributed by atoms with Gasteiger partial charge in [-0.25, -0.2) is 4.79 Å². The van der Waals surface area contributed by atoms with Crippen LogP contribution in [0.15, 0.2) is 53.4 Å². The number of fused-ring (bicyclic) bond motifs is 3. The zero-order valence-corrected chi connectivity index (χ0v) is 20.5. The van der Waals surface area contributed by atoms with E-state index in [1.807, 2.05) is 12.1 Å². The lowest BCUT2D eigenvalue weighted by molar-refractivity contribution is -0.146. The van der Waals surface area contributed by atoms with Crippen molar-refractivity contribution >= 4 is 64.1 Å². The van der Waals surface area contributed by atoms with E-state index in [1.54, 1.807) is 6.08 Å². The molecule has 2 aromatic carbocycles. The highest BCUT2D eigenvalue weighted by atomic mass is 32.2. The lowest BCUT2D eigenvalue weighted by atomic mass is 9.96. The molecule has 3 atom stereocenters. The molecule has 1 saturated heterocycles. The van der Waals surface area contributed by atoms with Crippen LogP contribution in [0, 0.1) is 0 Å². The third kappa shape index (κ3) is 4.34. The summed E-state index contributed by atoms with van der Waals surface area (Å²) in [6.45, 7) is 0.145. The van der Waals surface area contributed by atoms with Gasteiger partial charge < -0.3 is 14.7 Å². The number of amides is 1. The molecule has 7 nitrogen and oxygen atoms in total. The van der Waals surface area contributed by atoms with E-state index >= 15 is 0 Å². The number of carbonyl (C=O) groups is 3. The van der Waals surface area contributed by atoms with Crippen LogP contribution in [0.3, 0.4) is 0 Å². The number of anilines is 2. The molecule has 180 valence electrons. The number of carbonyl (C=O) groups excluding carboxylic acids is 2. The van der Waals surface area contributed by atoms with E-state index in [9.17, 15) is 19.5 Å². The molecular formula is C26H24N2O5S2. The highest BCUT2D eigenvalue weighted by molar-refractivity contribution is 8.26. The van der Waals surface area contributed by atoms with Gasteiger partial charge in [0.05, 0.1) is 11.5 Å². The Morgan fingerprint density at radius 1 is 1.23 bits per heavy atom. The summed E-state index contributed by atoms with van der Waals surface area (Å²) in [5, 5.41) is 9.63. The molecule has 35 heavy (non-hydrogen) atoms. The van der Waals surface area contributed by atoms with Crippen molar-refractivity contribution in [2.75, 3.05) is 11.5 Å². The molecule has 2 aromatic rings. The normalized spacial score (nSPS) is 22.9. The summed E-state index contributed by atoms with van der Waals surface area (Å²) in [5.41, 5.74) is 4.57. The third-order valence-electron chi connectivity index (χ3n) is 6.85. The fraction of sp³-hybridized carbons (Fsp3) is 0.308. The molecule has 1 aliphatic carbocycles. The van der Waals surface area contributed by atoms with Crippen LogP contribution in [0.4, 0.5) is 11.4 Å². The number of ether oxygens (including phenoxy) is 1. The first-order chi connectivity index (χ1) is 17.0. The molecule has 0 aromatic heterocycles. The fourth-order valence-corrected chi connectivity index (χ4v) is 6.74. The number of aliphatic carboxylic acids is 1. The summed E-state index contributed by atoms with van der Waals surface area (Å²) in [6, 6.07) is 15.9. The fourth-order valence-electron chi connectivity index (χ4n) is 5.38. The van der Waals surface area contributed by atoms with Crippen LogP contribution in [-0.4, -0.2) is 51.4 Å². The zero-order chi connectivity index (χ0) is 24.5. The quantitative estimate of drug-likeness (QED) is 0.238. The Labute approximate surface area is 212 Å². The first kappa shape index (κ1) is 23.6. The molecule has 5 rings (SSSR count). The van der Waals surface area contributed by atoms with E-state index in [-0.39, 0.29) is 23.8 Å². The number of thiocarbonyl (C=S) groups is 1. The molecule has 0 radical (unpaired) electrons. The molecule has 2 aliphatic heterocycles. The molecule has 2 heterocycles. The van der Waals surface area contributed by atoms with Gasteiger partial charge in [-0.15, -0.1) is 0 Å². The predicted molar refractivity (Wildman–Crippen MR) is 138 cm³/mol. The van der Waals surface area contributed by atoms with Crippen molar-refractivity contribution in [2.45, 2.75) is 43.7 Å². The van der Waals surface area contributed by atoms with Crippen molar-refractivity contribution in [1.29, 1.82) is 0 Å². The summed E-state index contributed by atoms with van der Waals surface area (Å²) in [5.74, 6) is -1.19. The summed E-state index contributed by atoms with van der Waals surface area (Å²) < 4.78 is 4.82. The second-order valence-corrected chi connectivity index (χ2v) is 10.5. The highest BCUT2D eigenvalue weighted by Gasteiger charge is 2.43. The summed E-state index contributed by atoms with van der Waals surface area (Å²) in [6.07, 6.45) is 5.22. The average molecular weight is 509 g/mol. The first-order valence-electron chi connectivity index (χ1n) is 11.5. The number of hydrogen-bond acceptors (Lipinski definition) is 7. The molecule has 0 bridgehead atoms. The molecule has 1 amide bonds. The predicted octanol–water partition coefficient (Wildman–Crippen LogP) is 4.69. The zero-order valence-electron chi connectivity index (χ0n) is 18.8. The Balaban J connectivity index is 1.43. The third-order valence-corrected chi connectivity index (χ3v) is 8.18. The van der Waals surface area contributed by atoms with E-state index in [0.717, 1.165) is 35.1 Å². The monoisotopic (exact) mass is 508 g/mol. The maximum Gasteiger partial charge on any atom is 0.327 e. The van der Waals surface area contributed by atoms with Gasteiger partial charge >= 0.3 is 5.97 Å². The van der Waals surface area contributed by atoms with E-state index in [1.165, 1.54) is 23.4 Å².